The molecule has 2 aromatic rings. The Morgan fingerprint density at radius 2 is 2.21 bits per heavy atom. The monoisotopic (exact) mass is 204 g/mol. The maximum atomic E-state index is 10.7. The molecule has 0 aliphatic carbocycles. The molecule has 1 heterocycles. The van der Waals surface area contributed by atoms with E-state index in [2.05, 4.69) is 19.2 Å². The van der Waals surface area contributed by atoms with Crippen LogP contribution in [0.5, 0.6) is 0 Å². The van der Waals surface area contributed by atoms with Crippen molar-refractivity contribution in [1.82, 2.24) is 0 Å². The van der Waals surface area contributed by atoms with E-state index in [1.54, 1.807) is 11.3 Å². The summed E-state index contributed by atoms with van der Waals surface area (Å²) in [6.07, 6.45) is 1.95. The van der Waals surface area contributed by atoms with Gasteiger partial charge in [-0.15, -0.1) is 11.3 Å². The highest BCUT2D eigenvalue weighted by Crippen LogP contribution is 2.30. The van der Waals surface area contributed by atoms with Crippen LogP contribution >= 0.6 is 11.3 Å². The molecule has 72 valence electrons. The minimum absolute atomic E-state index is 0.781. The van der Waals surface area contributed by atoms with E-state index in [9.17, 15) is 4.79 Å². The summed E-state index contributed by atoms with van der Waals surface area (Å²) in [6, 6.07) is 3.94. The Kier molecular flexibility index (Phi) is 2.38. The van der Waals surface area contributed by atoms with Crippen LogP contribution in [0.15, 0.2) is 17.5 Å². The summed E-state index contributed by atoms with van der Waals surface area (Å²) >= 11 is 1.77. The van der Waals surface area contributed by atoms with Gasteiger partial charge < -0.3 is 0 Å². The van der Waals surface area contributed by atoms with Gasteiger partial charge in [0.25, 0.3) is 0 Å². The number of aldehydes is 1. The first-order valence-electron chi connectivity index (χ1n) is 4.72. The highest BCUT2D eigenvalue weighted by molar-refractivity contribution is 7.17. The van der Waals surface area contributed by atoms with Crippen molar-refractivity contribution in [3.63, 3.8) is 0 Å². The van der Waals surface area contributed by atoms with Crippen LogP contribution in [0.25, 0.3) is 10.1 Å². The molecule has 0 N–H and O–H groups in total. The Hall–Kier alpha value is -1.15. The van der Waals surface area contributed by atoms with Gasteiger partial charge in [-0.25, -0.2) is 0 Å². The topological polar surface area (TPSA) is 17.1 Å². The molecule has 0 radical (unpaired) electrons. The van der Waals surface area contributed by atoms with Gasteiger partial charge in [0.2, 0.25) is 0 Å². The lowest BCUT2D eigenvalue weighted by Gasteiger charge is -1.99. The molecule has 2 rings (SSSR count). The van der Waals surface area contributed by atoms with Crippen molar-refractivity contribution in [1.29, 1.82) is 0 Å². The molecule has 0 aliphatic heterocycles. The molecule has 0 spiro atoms. The third-order valence-electron chi connectivity index (χ3n) is 2.48. The van der Waals surface area contributed by atoms with Crippen LogP contribution in [0.1, 0.15) is 28.4 Å². The molecule has 0 unspecified atom stereocenters. The molecule has 14 heavy (non-hydrogen) atoms. The second-order valence-electron chi connectivity index (χ2n) is 3.45. The maximum absolute atomic E-state index is 10.7. The molecule has 0 saturated heterocycles. The smallest absolute Gasteiger partial charge is 0.150 e. The molecule has 0 amide bonds. The van der Waals surface area contributed by atoms with Gasteiger partial charge in [0.15, 0.2) is 0 Å². The molecular formula is C12H12OS. The van der Waals surface area contributed by atoms with Gasteiger partial charge >= 0.3 is 0 Å². The maximum Gasteiger partial charge on any atom is 0.150 e. The van der Waals surface area contributed by atoms with Crippen LogP contribution in [-0.2, 0) is 6.42 Å². The first-order valence-corrected chi connectivity index (χ1v) is 5.60. The second-order valence-corrected chi connectivity index (χ2v) is 4.33. The zero-order chi connectivity index (χ0) is 10.1. The number of hydrogen-bond donors (Lipinski definition) is 0. The number of thiophene rings is 1. The fourth-order valence-electron chi connectivity index (χ4n) is 1.73. The molecule has 0 atom stereocenters. The molecule has 0 bridgehead atoms. The van der Waals surface area contributed by atoms with E-state index in [0.717, 1.165) is 18.3 Å². The van der Waals surface area contributed by atoms with Gasteiger partial charge in [-0.2, -0.15) is 0 Å². The van der Waals surface area contributed by atoms with Crippen LogP contribution in [-0.4, -0.2) is 6.29 Å². The van der Waals surface area contributed by atoms with Crippen molar-refractivity contribution in [2.45, 2.75) is 20.3 Å². The normalized spacial score (nSPS) is 10.7. The number of rotatable bonds is 2. The minimum Gasteiger partial charge on any atom is -0.298 e. The average Bonchev–Trinajstić information content (AvgIpc) is 2.61. The Morgan fingerprint density at radius 3 is 2.86 bits per heavy atom. The Bertz CT molecular complexity index is 482. The largest absolute Gasteiger partial charge is 0.298 e. The average molecular weight is 204 g/mol. The second kappa shape index (κ2) is 3.54. The SMILES string of the molecule is CCc1csc2c(C)cc(C=O)cc12. The summed E-state index contributed by atoms with van der Waals surface area (Å²) < 4.78 is 1.31. The van der Waals surface area contributed by atoms with E-state index in [4.69, 9.17) is 0 Å². The first kappa shape index (κ1) is 9.41. The minimum atomic E-state index is 0.781. The number of fused-ring (bicyclic) bond motifs is 1. The Labute approximate surface area is 87.4 Å². The lowest BCUT2D eigenvalue weighted by molar-refractivity contribution is 0.112. The third kappa shape index (κ3) is 1.36. The zero-order valence-electron chi connectivity index (χ0n) is 8.33. The van der Waals surface area contributed by atoms with Crippen LogP contribution in [0.3, 0.4) is 0 Å². The van der Waals surface area contributed by atoms with Crippen LogP contribution < -0.4 is 0 Å². The van der Waals surface area contributed by atoms with Crippen molar-refractivity contribution in [3.8, 4) is 0 Å². The van der Waals surface area contributed by atoms with Gasteiger partial charge in [-0.05, 0) is 47.4 Å². The zero-order valence-corrected chi connectivity index (χ0v) is 9.15. The van der Waals surface area contributed by atoms with Gasteiger partial charge in [-0.3, -0.25) is 4.79 Å². The highest BCUT2D eigenvalue weighted by atomic mass is 32.1. The van der Waals surface area contributed by atoms with Crippen LogP contribution in [0, 0.1) is 6.92 Å². The molecule has 0 fully saturated rings. The number of carbonyl (C=O) groups excluding carboxylic acids is 1. The Balaban J connectivity index is 2.79. The highest BCUT2D eigenvalue weighted by Gasteiger charge is 2.06. The van der Waals surface area contributed by atoms with Crippen molar-refractivity contribution in [2.75, 3.05) is 0 Å². The quantitative estimate of drug-likeness (QED) is 0.683. The third-order valence-corrected chi connectivity index (χ3v) is 3.66. The number of carbonyl (C=O) groups is 1. The number of hydrogen-bond acceptors (Lipinski definition) is 2. The summed E-state index contributed by atoms with van der Waals surface area (Å²) in [5.74, 6) is 0. The van der Waals surface area contributed by atoms with Crippen LogP contribution in [0.2, 0.25) is 0 Å². The lowest BCUT2D eigenvalue weighted by Crippen LogP contribution is -1.84. The lowest BCUT2D eigenvalue weighted by atomic mass is 10.1. The van der Waals surface area contributed by atoms with E-state index < -0.39 is 0 Å². The predicted molar refractivity (Wildman–Crippen MR) is 61.3 cm³/mol. The Morgan fingerprint density at radius 1 is 1.43 bits per heavy atom. The van der Waals surface area contributed by atoms with Gasteiger partial charge in [0.05, 0.1) is 0 Å². The fourth-order valence-corrected chi connectivity index (χ4v) is 2.85. The molecule has 2 heteroatoms. The molecule has 0 aliphatic rings. The molecule has 1 aromatic carbocycles. The summed E-state index contributed by atoms with van der Waals surface area (Å²) in [7, 11) is 0. The van der Waals surface area contributed by atoms with Crippen molar-refractivity contribution in [3.05, 3.63) is 34.2 Å². The summed E-state index contributed by atoms with van der Waals surface area (Å²) in [5, 5.41) is 3.44. The van der Waals surface area contributed by atoms with E-state index in [1.807, 2.05) is 12.1 Å². The summed E-state index contributed by atoms with van der Waals surface area (Å²) in [6.45, 7) is 4.20. The standard InChI is InChI=1S/C12H12OS/c1-3-10-7-14-12-8(2)4-9(6-13)5-11(10)12/h4-7H,3H2,1-2H3. The van der Waals surface area contributed by atoms with Crippen molar-refractivity contribution < 1.29 is 4.79 Å². The van der Waals surface area contributed by atoms with E-state index >= 15 is 0 Å². The van der Waals surface area contributed by atoms with Gasteiger partial charge in [-0.1, -0.05) is 6.92 Å². The summed E-state index contributed by atoms with van der Waals surface area (Å²) in [4.78, 5) is 10.7. The van der Waals surface area contributed by atoms with E-state index in [-0.39, 0.29) is 0 Å². The fraction of sp³-hybridized carbons (Fsp3) is 0.250. The van der Waals surface area contributed by atoms with E-state index in [0.29, 0.717) is 0 Å². The number of benzene rings is 1. The summed E-state index contributed by atoms with van der Waals surface area (Å²) in [5.41, 5.74) is 3.33. The van der Waals surface area contributed by atoms with Gasteiger partial charge in [0.1, 0.15) is 6.29 Å². The molecule has 1 aromatic heterocycles. The molecule has 0 saturated carbocycles. The first-order chi connectivity index (χ1) is 6.76. The van der Waals surface area contributed by atoms with E-state index in [1.165, 1.54) is 21.2 Å². The van der Waals surface area contributed by atoms with Crippen molar-refractivity contribution >= 4 is 27.7 Å². The molecule has 1 nitrogen and oxygen atoms in total. The van der Waals surface area contributed by atoms with Crippen molar-refractivity contribution in [2.24, 2.45) is 0 Å². The number of aryl methyl sites for hydroxylation is 2. The van der Waals surface area contributed by atoms with Gasteiger partial charge in [0, 0.05) is 10.3 Å². The van der Waals surface area contributed by atoms with Crippen LogP contribution in [0.4, 0.5) is 0 Å². The predicted octanol–water partition coefficient (Wildman–Crippen LogP) is 3.58. The molecular weight excluding hydrogens is 192 g/mol.